The van der Waals surface area contributed by atoms with Crippen molar-refractivity contribution in [2.24, 2.45) is 5.14 Å². The maximum Gasteiger partial charge on any atom is 0.238 e. The summed E-state index contributed by atoms with van der Waals surface area (Å²) in [6, 6.07) is 4.73. The van der Waals surface area contributed by atoms with E-state index in [4.69, 9.17) is 10.9 Å². The first-order chi connectivity index (χ1) is 9.84. The smallest absolute Gasteiger partial charge is 0.238 e. The number of nitrogens with two attached hydrogens (primary N) is 2. The van der Waals surface area contributed by atoms with E-state index in [0.717, 1.165) is 12.8 Å². The highest BCUT2D eigenvalue weighted by Crippen LogP contribution is 2.20. The van der Waals surface area contributed by atoms with Gasteiger partial charge in [-0.3, -0.25) is 4.79 Å². The zero-order valence-corrected chi connectivity index (χ0v) is 12.4. The van der Waals surface area contributed by atoms with E-state index in [1.165, 1.54) is 12.1 Å². The van der Waals surface area contributed by atoms with Gasteiger partial charge in [-0.2, -0.15) is 0 Å². The Morgan fingerprint density at radius 2 is 2.00 bits per heavy atom. The summed E-state index contributed by atoms with van der Waals surface area (Å²) in [7, 11) is -3.78. The molecule has 1 saturated carbocycles. The predicted octanol–water partition coefficient (Wildman–Crippen LogP) is 0.387. The minimum atomic E-state index is -3.78. The van der Waals surface area contributed by atoms with Gasteiger partial charge in [-0.15, -0.1) is 0 Å². The van der Waals surface area contributed by atoms with Crippen molar-refractivity contribution in [3.8, 4) is 0 Å². The summed E-state index contributed by atoms with van der Waals surface area (Å²) >= 11 is 0. The number of carbonyl (C=O) groups is 1. The average molecular weight is 312 g/mol. The van der Waals surface area contributed by atoms with Crippen LogP contribution in [0.5, 0.6) is 0 Å². The summed E-state index contributed by atoms with van der Waals surface area (Å²) in [5.74, 6) is 0.0529. The molecule has 1 fully saturated rings. The van der Waals surface area contributed by atoms with E-state index in [1.54, 1.807) is 6.07 Å². The SMILES string of the molecule is Nc1cc(NCCCC(=O)NC2CC2)cc(S(N)(=O)=O)c1. The highest BCUT2D eigenvalue weighted by atomic mass is 32.2. The van der Waals surface area contributed by atoms with Gasteiger partial charge in [-0.25, -0.2) is 13.6 Å². The van der Waals surface area contributed by atoms with Crippen LogP contribution >= 0.6 is 0 Å². The van der Waals surface area contributed by atoms with E-state index < -0.39 is 10.0 Å². The molecule has 6 N–H and O–H groups in total. The summed E-state index contributed by atoms with van der Waals surface area (Å²) < 4.78 is 22.6. The van der Waals surface area contributed by atoms with Gasteiger partial charge in [0, 0.05) is 30.4 Å². The normalized spacial score (nSPS) is 14.7. The van der Waals surface area contributed by atoms with Gasteiger partial charge in [0.05, 0.1) is 4.90 Å². The predicted molar refractivity (Wildman–Crippen MR) is 81.1 cm³/mol. The van der Waals surface area contributed by atoms with Crippen molar-refractivity contribution in [3.05, 3.63) is 18.2 Å². The number of hydrogen-bond donors (Lipinski definition) is 4. The van der Waals surface area contributed by atoms with Crippen molar-refractivity contribution in [2.75, 3.05) is 17.6 Å². The Hall–Kier alpha value is -1.80. The molecule has 0 bridgehead atoms. The Kier molecular flexibility index (Phi) is 4.69. The molecule has 0 unspecified atom stereocenters. The van der Waals surface area contributed by atoms with Gasteiger partial charge in [-0.05, 0) is 37.5 Å². The second-order valence-corrected chi connectivity index (χ2v) is 6.77. The monoisotopic (exact) mass is 312 g/mol. The lowest BCUT2D eigenvalue weighted by molar-refractivity contribution is -0.121. The van der Waals surface area contributed by atoms with Crippen LogP contribution in [0.3, 0.4) is 0 Å². The van der Waals surface area contributed by atoms with Gasteiger partial charge in [0.25, 0.3) is 0 Å². The first-order valence-electron chi connectivity index (χ1n) is 6.81. The standard InChI is InChI=1S/C13H20N4O3S/c14-9-6-11(8-12(7-9)21(15,19)20)16-5-1-2-13(18)17-10-3-4-10/h6-8,10,16H,1-5,14H2,(H,17,18)(H2,15,19,20). The number of nitrogen functional groups attached to an aromatic ring is 1. The van der Waals surface area contributed by atoms with Gasteiger partial charge >= 0.3 is 0 Å². The summed E-state index contributed by atoms with van der Waals surface area (Å²) in [5.41, 5.74) is 6.53. The second kappa shape index (κ2) is 6.31. The molecule has 1 amide bonds. The summed E-state index contributed by atoms with van der Waals surface area (Å²) in [5, 5.41) is 11.0. The van der Waals surface area contributed by atoms with E-state index in [1.807, 2.05) is 0 Å². The number of nitrogens with one attached hydrogen (secondary N) is 2. The number of benzene rings is 1. The van der Waals surface area contributed by atoms with Crippen LogP contribution in [0.15, 0.2) is 23.1 Å². The molecule has 2 rings (SSSR count). The number of anilines is 2. The molecule has 0 aliphatic heterocycles. The van der Waals surface area contributed by atoms with E-state index >= 15 is 0 Å². The van der Waals surface area contributed by atoms with Crippen molar-refractivity contribution in [1.82, 2.24) is 5.32 Å². The van der Waals surface area contributed by atoms with Gasteiger partial charge in [0.1, 0.15) is 0 Å². The summed E-state index contributed by atoms with van der Waals surface area (Å²) in [6.07, 6.45) is 3.24. The molecule has 1 aliphatic rings. The Morgan fingerprint density at radius 3 is 2.62 bits per heavy atom. The van der Waals surface area contributed by atoms with Crippen LogP contribution in [0.25, 0.3) is 0 Å². The van der Waals surface area contributed by atoms with Crippen LogP contribution in [0, 0.1) is 0 Å². The molecule has 0 atom stereocenters. The fourth-order valence-electron chi connectivity index (χ4n) is 1.90. The molecule has 0 saturated heterocycles. The highest BCUT2D eigenvalue weighted by Gasteiger charge is 2.22. The Morgan fingerprint density at radius 1 is 1.29 bits per heavy atom. The molecular weight excluding hydrogens is 292 g/mol. The number of amides is 1. The fraction of sp³-hybridized carbons (Fsp3) is 0.462. The third-order valence-electron chi connectivity index (χ3n) is 3.11. The van der Waals surface area contributed by atoms with E-state index in [9.17, 15) is 13.2 Å². The van der Waals surface area contributed by atoms with Crippen LogP contribution in [0.4, 0.5) is 11.4 Å². The Bertz CT molecular complexity index is 626. The molecule has 21 heavy (non-hydrogen) atoms. The molecule has 8 heteroatoms. The number of hydrogen-bond acceptors (Lipinski definition) is 5. The number of carbonyl (C=O) groups excluding carboxylic acids is 1. The molecule has 0 radical (unpaired) electrons. The van der Waals surface area contributed by atoms with Crippen LogP contribution in [-0.4, -0.2) is 26.9 Å². The zero-order chi connectivity index (χ0) is 15.5. The Labute approximate surface area is 124 Å². The van der Waals surface area contributed by atoms with Gasteiger partial charge in [0.15, 0.2) is 0 Å². The number of sulfonamides is 1. The van der Waals surface area contributed by atoms with Crippen molar-refractivity contribution >= 4 is 27.3 Å². The van der Waals surface area contributed by atoms with Crippen molar-refractivity contribution in [3.63, 3.8) is 0 Å². The summed E-state index contributed by atoms with van der Waals surface area (Å²) in [6.45, 7) is 0.547. The van der Waals surface area contributed by atoms with Crippen molar-refractivity contribution in [2.45, 2.75) is 36.6 Å². The first kappa shape index (κ1) is 15.6. The lowest BCUT2D eigenvalue weighted by atomic mass is 10.2. The van der Waals surface area contributed by atoms with E-state index in [2.05, 4.69) is 10.6 Å². The van der Waals surface area contributed by atoms with Crippen LogP contribution in [0.2, 0.25) is 0 Å². The van der Waals surface area contributed by atoms with Crippen LogP contribution in [-0.2, 0) is 14.8 Å². The average Bonchev–Trinajstić information content (AvgIpc) is 3.17. The molecule has 1 aliphatic carbocycles. The largest absolute Gasteiger partial charge is 0.399 e. The molecule has 1 aromatic carbocycles. The first-order valence-corrected chi connectivity index (χ1v) is 8.36. The molecule has 116 valence electrons. The fourth-order valence-corrected chi connectivity index (χ4v) is 2.49. The topological polar surface area (TPSA) is 127 Å². The lowest BCUT2D eigenvalue weighted by Crippen LogP contribution is -2.25. The highest BCUT2D eigenvalue weighted by molar-refractivity contribution is 7.89. The number of primary sulfonamides is 1. The van der Waals surface area contributed by atoms with Crippen molar-refractivity contribution < 1.29 is 13.2 Å². The zero-order valence-electron chi connectivity index (χ0n) is 11.6. The quantitative estimate of drug-likeness (QED) is 0.428. The molecule has 0 heterocycles. The summed E-state index contributed by atoms with van der Waals surface area (Å²) in [4.78, 5) is 11.5. The van der Waals surface area contributed by atoms with E-state index in [0.29, 0.717) is 36.8 Å². The van der Waals surface area contributed by atoms with Crippen LogP contribution in [0.1, 0.15) is 25.7 Å². The maximum atomic E-state index is 11.5. The van der Waals surface area contributed by atoms with Gasteiger partial charge < -0.3 is 16.4 Å². The maximum absolute atomic E-state index is 11.5. The molecular formula is C13H20N4O3S. The van der Waals surface area contributed by atoms with Gasteiger partial charge in [-0.1, -0.05) is 0 Å². The molecule has 0 aromatic heterocycles. The Balaban J connectivity index is 1.82. The lowest BCUT2D eigenvalue weighted by Gasteiger charge is -2.09. The minimum absolute atomic E-state index is 0.0310. The molecule has 0 spiro atoms. The van der Waals surface area contributed by atoms with E-state index in [-0.39, 0.29) is 10.8 Å². The number of rotatable bonds is 7. The third-order valence-corrected chi connectivity index (χ3v) is 4.00. The third kappa shape index (κ3) is 5.24. The molecule has 1 aromatic rings. The second-order valence-electron chi connectivity index (χ2n) is 5.21. The molecule has 7 nitrogen and oxygen atoms in total. The van der Waals surface area contributed by atoms with Gasteiger partial charge in [0.2, 0.25) is 15.9 Å². The van der Waals surface area contributed by atoms with Crippen LogP contribution < -0.4 is 21.5 Å². The van der Waals surface area contributed by atoms with Crippen molar-refractivity contribution in [1.29, 1.82) is 0 Å². The minimum Gasteiger partial charge on any atom is -0.399 e.